The van der Waals surface area contributed by atoms with E-state index in [9.17, 15) is 13.2 Å². The second-order valence-electron chi connectivity index (χ2n) is 5.55. The van der Waals surface area contributed by atoms with Crippen molar-refractivity contribution in [1.29, 1.82) is 0 Å². The van der Waals surface area contributed by atoms with E-state index in [1.165, 1.54) is 23.7 Å². The molecule has 0 bridgehead atoms. The van der Waals surface area contributed by atoms with E-state index >= 15 is 0 Å². The molecular formula is C18H17NO4S2. The van der Waals surface area contributed by atoms with Gasteiger partial charge in [0.05, 0.1) is 11.2 Å². The highest BCUT2D eigenvalue weighted by Gasteiger charge is 2.30. The van der Waals surface area contributed by atoms with Crippen molar-refractivity contribution in [2.45, 2.75) is 17.1 Å². The molecule has 2 aromatic heterocycles. The van der Waals surface area contributed by atoms with Crippen molar-refractivity contribution in [1.82, 2.24) is 5.32 Å². The predicted molar refractivity (Wildman–Crippen MR) is 96.5 cm³/mol. The first-order valence-corrected chi connectivity index (χ1v) is 10.1. The minimum absolute atomic E-state index is 0.0315. The molecule has 5 nitrogen and oxygen atoms in total. The van der Waals surface area contributed by atoms with Gasteiger partial charge < -0.3 is 9.73 Å². The minimum Gasteiger partial charge on any atom is -0.459 e. The van der Waals surface area contributed by atoms with Gasteiger partial charge in [0, 0.05) is 11.4 Å². The number of hydrogen-bond donors (Lipinski definition) is 1. The van der Waals surface area contributed by atoms with Crippen LogP contribution in [0.2, 0.25) is 0 Å². The fraction of sp³-hybridized carbons (Fsp3) is 0.167. The Kier molecular flexibility index (Phi) is 5.06. The maximum absolute atomic E-state index is 13.1. The molecule has 1 N–H and O–H groups in total. The number of benzene rings is 1. The van der Waals surface area contributed by atoms with E-state index in [1.807, 2.05) is 12.3 Å². The molecule has 3 aromatic rings. The zero-order valence-corrected chi connectivity index (χ0v) is 15.1. The summed E-state index contributed by atoms with van der Waals surface area (Å²) in [5.74, 6) is -0.289. The van der Waals surface area contributed by atoms with Crippen LogP contribution in [0, 0.1) is 6.92 Å². The summed E-state index contributed by atoms with van der Waals surface area (Å²) < 4.78 is 31.2. The number of carbonyl (C=O) groups is 1. The van der Waals surface area contributed by atoms with Crippen LogP contribution in [-0.2, 0) is 9.84 Å². The van der Waals surface area contributed by atoms with Crippen LogP contribution >= 0.6 is 11.3 Å². The summed E-state index contributed by atoms with van der Waals surface area (Å²) in [5, 5.41) is 3.62. The van der Waals surface area contributed by atoms with Crippen molar-refractivity contribution in [2.24, 2.45) is 0 Å². The summed E-state index contributed by atoms with van der Waals surface area (Å²) in [5.41, 5.74) is 0.984. The van der Waals surface area contributed by atoms with Gasteiger partial charge in [0.15, 0.2) is 15.6 Å². The molecular weight excluding hydrogens is 358 g/mol. The standard InChI is InChI=1S/C18H17NO4S2/c1-13-6-8-14(9-7-13)25(21,22)17(16-5-3-11-24-16)12-19-18(20)15-4-2-10-23-15/h2-11,17H,12H2,1H3,(H,19,20)/t17-/m1/s1. The van der Waals surface area contributed by atoms with Crippen LogP contribution in [0.4, 0.5) is 0 Å². The number of amides is 1. The van der Waals surface area contributed by atoms with E-state index in [4.69, 9.17) is 4.42 Å². The molecule has 0 aliphatic carbocycles. The first-order chi connectivity index (χ1) is 12.0. The Morgan fingerprint density at radius 1 is 1.16 bits per heavy atom. The van der Waals surface area contributed by atoms with Crippen LogP contribution < -0.4 is 5.32 Å². The van der Waals surface area contributed by atoms with Crippen molar-refractivity contribution >= 4 is 27.1 Å². The molecule has 0 aliphatic rings. The molecule has 1 amide bonds. The monoisotopic (exact) mass is 375 g/mol. The highest BCUT2D eigenvalue weighted by atomic mass is 32.2. The molecule has 7 heteroatoms. The summed E-state index contributed by atoms with van der Waals surface area (Å²) in [7, 11) is -3.64. The molecule has 0 saturated heterocycles. The Morgan fingerprint density at radius 2 is 1.92 bits per heavy atom. The van der Waals surface area contributed by atoms with Gasteiger partial charge in [-0.1, -0.05) is 23.8 Å². The van der Waals surface area contributed by atoms with Gasteiger partial charge in [-0.15, -0.1) is 11.3 Å². The lowest BCUT2D eigenvalue weighted by Crippen LogP contribution is -2.31. The van der Waals surface area contributed by atoms with Crippen molar-refractivity contribution in [3.63, 3.8) is 0 Å². The van der Waals surface area contributed by atoms with Crippen LogP contribution in [0.1, 0.15) is 26.2 Å². The SMILES string of the molecule is Cc1ccc(S(=O)(=O)[C@H](CNC(=O)c2ccco2)c2cccs2)cc1. The second kappa shape index (κ2) is 7.25. The lowest BCUT2D eigenvalue weighted by Gasteiger charge is -2.17. The highest BCUT2D eigenvalue weighted by molar-refractivity contribution is 7.91. The number of carbonyl (C=O) groups excluding carboxylic acids is 1. The maximum atomic E-state index is 13.1. The van der Waals surface area contributed by atoms with E-state index in [2.05, 4.69) is 5.32 Å². The van der Waals surface area contributed by atoms with Crippen molar-refractivity contribution < 1.29 is 17.6 Å². The molecule has 0 saturated carbocycles. The average Bonchev–Trinajstić information content (AvgIpc) is 3.29. The smallest absolute Gasteiger partial charge is 0.287 e. The Balaban J connectivity index is 1.87. The summed E-state index contributed by atoms with van der Waals surface area (Å²) in [4.78, 5) is 13.0. The second-order valence-corrected chi connectivity index (χ2v) is 8.66. The summed E-state index contributed by atoms with van der Waals surface area (Å²) in [6.07, 6.45) is 1.40. The molecule has 2 heterocycles. The minimum atomic E-state index is -3.64. The number of aryl methyl sites for hydroxylation is 1. The van der Waals surface area contributed by atoms with E-state index in [0.29, 0.717) is 4.88 Å². The zero-order valence-electron chi connectivity index (χ0n) is 13.5. The molecule has 0 aliphatic heterocycles. The number of hydrogen-bond acceptors (Lipinski definition) is 5. The predicted octanol–water partition coefficient (Wildman–Crippen LogP) is 3.59. The lowest BCUT2D eigenvalue weighted by molar-refractivity contribution is 0.0926. The van der Waals surface area contributed by atoms with Gasteiger partial charge in [-0.25, -0.2) is 8.42 Å². The van der Waals surface area contributed by atoms with Gasteiger partial charge in [0.1, 0.15) is 5.25 Å². The van der Waals surface area contributed by atoms with Crippen molar-refractivity contribution in [3.8, 4) is 0 Å². The van der Waals surface area contributed by atoms with Crippen LogP contribution in [0.5, 0.6) is 0 Å². The van der Waals surface area contributed by atoms with Gasteiger partial charge in [0.2, 0.25) is 0 Å². The normalized spacial score (nSPS) is 12.7. The Hall–Kier alpha value is -2.38. The number of sulfone groups is 1. The number of rotatable bonds is 6. The van der Waals surface area contributed by atoms with Gasteiger partial charge in [-0.2, -0.15) is 0 Å². The third kappa shape index (κ3) is 3.83. The largest absolute Gasteiger partial charge is 0.459 e. The number of nitrogens with one attached hydrogen (secondary N) is 1. The van der Waals surface area contributed by atoms with Gasteiger partial charge >= 0.3 is 0 Å². The van der Waals surface area contributed by atoms with Crippen molar-refractivity contribution in [3.05, 3.63) is 76.4 Å². The lowest BCUT2D eigenvalue weighted by atomic mass is 10.2. The maximum Gasteiger partial charge on any atom is 0.287 e. The molecule has 0 spiro atoms. The number of thiophene rings is 1. The summed E-state index contributed by atoms with van der Waals surface area (Å²) in [6.45, 7) is 1.87. The van der Waals surface area contributed by atoms with E-state index in [1.54, 1.807) is 42.5 Å². The van der Waals surface area contributed by atoms with Crippen LogP contribution in [0.25, 0.3) is 0 Å². The fourth-order valence-electron chi connectivity index (χ4n) is 2.41. The molecule has 1 atom stereocenters. The third-order valence-electron chi connectivity index (χ3n) is 3.78. The quantitative estimate of drug-likeness (QED) is 0.714. The Labute approximate surface area is 150 Å². The molecule has 25 heavy (non-hydrogen) atoms. The molecule has 0 radical (unpaired) electrons. The summed E-state index contributed by atoms with van der Waals surface area (Å²) >= 11 is 1.35. The number of furan rings is 1. The van der Waals surface area contributed by atoms with Gasteiger partial charge in [-0.05, 0) is 42.6 Å². The first kappa shape index (κ1) is 17.4. The molecule has 3 rings (SSSR count). The van der Waals surface area contributed by atoms with E-state index in [0.717, 1.165) is 5.56 Å². The van der Waals surface area contributed by atoms with E-state index < -0.39 is 21.0 Å². The third-order valence-corrected chi connectivity index (χ3v) is 7.01. The van der Waals surface area contributed by atoms with Crippen LogP contribution in [-0.4, -0.2) is 20.9 Å². The van der Waals surface area contributed by atoms with Crippen molar-refractivity contribution in [2.75, 3.05) is 6.54 Å². The Morgan fingerprint density at radius 3 is 2.52 bits per heavy atom. The van der Waals surface area contributed by atoms with Gasteiger partial charge in [0.25, 0.3) is 5.91 Å². The van der Waals surface area contributed by atoms with Gasteiger partial charge in [-0.3, -0.25) is 4.79 Å². The molecule has 1 aromatic carbocycles. The highest BCUT2D eigenvalue weighted by Crippen LogP contribution is 2.31. The fourth-order valence-corrected chi connectivity index (χ4v) is 5.19. The topological polar surface area (TPSA) is 76.4 Å². The summed E-state index contributed by atoms with van der Waals surface area (Å²) in [6, 6.07) is 13.4. The Bertz CT molecular complexity index is 928. The first-order valence-electron chi connectivity index (χ1n) is 7.64. The van der Waals surface area contributed by atoms with E-state index in [-0.39, 0.29) is 17.2 Å². The van der Waals surface area contributed by atoms with Crippen LogP contribution in [0.15, 0.2) is 69.5 Å². The van der Waals surface area contributed by atoms with Crippen LogP contribution in [0.3, 0.4) is 0 Å². The molecule has 0 fully saturated rings. The average molecular weight is 375 g/mol. The molecule has 0 unspecified atom stereocenters. The molecule has 130 valence electrons. The zero-order chi connectivity index (χ0) is 17.9.